The van der Waals surface area contributed by atoms with Crippen LogP contribution in [0.25, 0.3) is 0 Å². The molecule has 0 aliphatic rings. The molecule has 1 nitrogen and oxygen atoms in total. The first kappa shape index (κ1) is 13.3. The van der Waals surface area contributed by atoms with E-state index in [2.05, 4.69) is 6.58 Å². The molecule has 1 aromatic carbocycles. The lowest BCUT2D eigenvalue weighted by Crippen LogP contribution is -2.10. The lowest BCUT2D eigenvalue weighted by atomic mass is 10.1. The first-order valence-corrected chi connectivity index (χ1v) is 6.33. The van der Waals surface area contributed by atoms with Gasteiger partial charge in [0.2, 0.25) is 0 Å². The molecule has 0 spiro atoms. The van der Waals surface area contributed by atoms with Gasteiger partial charge in [0.1, 0.15) is 5.82 Å². The highest BCUT2D eigenvalue weighted by Crippen LogP contribution is 2.21. The average Bonchev–Trinajstić information content (AvgIpc) is 2.28. The van der Waals surface area contributed by atoms with Crippen molar-refractivity contribution in [1.82, 2.24) is 0 Å². The quantitative estimate of drug-likeness (QED) is 0.605. The molecule has 16 heavy (non-hydrogen) atoms. The maximum Gasteiger partial charge on any atom is 0.123 e. The van der Waals surface area contributed by atoms with Gasteiger partial charge in [0.15, 0.2) is 0 Å². The Morgan fingerprint density at radius 1 is 1.44 bits per heavy atom. The Kier molecular flexibility index (Phi) is 5.56. The van der Waals surface area contributed by atoms with Crippen LogP contribution in [0, 0.1) is 5.82 Å². The van der Waals surface area contributed by atoms with E-state index in [9.17, 15) is 9.50 Å². The Labute approximate surface area is 100 Å². The minimum Gasteiger partial charge on any atom is -0.392 e. The van der Waals surface area contributed by atoms with Crippen LogP contribution in [-0.4, -0.2) is 17.0 Å². The normalized spacial score (nSPS) is 12.4. The topological polar surface area (TPSA) is 20.2 Å². The molecule has 0 saturated heterocycles. The lowest BCUT2D eigenvalue weighted by molar-refractivity contribution is 0.199. The van der Waals surface area contributed by atoms with Crippen molar-refractivity contribution in [2.75, 3.05) is 5.75 Å². The standard InChI is InChI=1S/C13H17FOS/c1-3-10(2)8-12(15)9-16-13-6-4-11(14)5-7-13/h4-7,12,15H,2-3,8-9H2,1H3. The van der Waals surface area contributed by atoms with Crippen LogP contribution >= 0.6 is 11.8 Å². The van der Waals surface area contributed by atoms with Gasteiger partial charge in [-0.1, -0.05) is 19.1 Å². The lowest BCUT2D eigenvalue weighted by Gasteiger charge is -2.10. The van der Waals surface area contributed by atoms with Crippen LogP contribution in [0.15, 0.2) is 41.3 Å². The minimum absolute atomic E-state index is 0.232. The fraction of sp³-hybridized carbons (Fsp3) is 0.385. The number of halogens is 1. The van der Waals surface area contributed by atoms with Crippen molar-refractivity contribution in [2.24, 2.45) is 0 Å². The zero-order chi connectivity index (χ0) is 12.0. The molecule has 0 aliphatic heterocycles. The molecule has 0 fully saturated rings. The Hall–Kier alpha value is -0.800. The van der Waals surface area contributed by atoms with Crippen molar-refractivity contribution in [2.45, 2.75) is 30.8 Å². The minimum atomic E-state index is -0.373. The molecule has 0 heterocycles. The third kappa shape index (κ3) is 4.81. The second-order valence-electron chi connectivity index (χ2n) is 3.73. The molecule has 1 unspecified atom stereocenters. The maximum atomic E-state index is 12.6. The molecule has 0 bridgehead atoms. The molecule has 1 aromatic rings. The van der Waals surface area contributed by atoms with Gasteiger partial charge in [0, 0.05) is 10.6 Å². The Morgan fingerprint density at radius 2 is 2.06 bits per heavy atom. The van der Waals surface area contributed by atoms with Crippen molar-refractivity contribution < 1.29 is 9.50 Å². The molecule has 1 atom stereocenters. The van der Waals surface area contributed by atoms with E-state index in [-0.39, 0.29) is 11.9 Å². The monoisotopic (exact) mass is 240 g/mol. The van der Waals surface area contributed by atoms with Crippen molar-refractivity contribution in [3.63, 3.8) is 0 Å². The second kappa shape index (κ2) is 6.71. The summed E-state index contributed by atoms with van der Waals surface area (Å²) < 4.78 is 12.6. The second-order valence-corrected chi connectivity index (χ2v) is 4.82. The number of thioether (sulfide) groups is 1. The van der Waals surface area contributed by atoms with E-state index in [4.69, 9.17) is 0 Å². The van der Waals surface area contributed by atoms with E-state index < -0.39 is 0 Å². The summed E-state index contributed by atoms with van der Waals surface area (Å²) in [5.74, 6) is 0.384. The summed E-state index contributed by atoms with van der Waals surface area (Å²) >= 11 is 1.53. The molecule has 1 N–H and O–H groups in total. The number of rotatable bonds is 6. The Morgan fingerprint density at radius 3 is 2.62 bits per heavy atom. The Bertz CT molecular complexity index is 334. The maximum absolute atomic E-state index is 12.6. The van der Waals surface area contributed by atoms with E-state index in [0.717, 1.165) is 16.9 Å². The molecule has 88 valence electrons. The number of aliphatic hydroxyl groups excluding tert-OH is 1. The van der Waals surface area contributed by atoms with Gasteiger partial charge in [-0.05, 0) is 37.1 Å². The van der Waals surface area contributed by atoms with Crippen molar-refractivity contribution in [1.29, 1.82) is 0 Å². The fourth-order valence-electron chi connectivity index (χ4n) is 1.26. The van der Waals surface area contributed by atoms with Crippen molar-refractivity contribution in [3.8, 4) is 0 Å². The molecular weight excluding hydrogens is 223 g/mol. The number of hydrogen-bond acceptors (Lipinski definition) is 2. The molecule has 3 heteroatoms. The van der Waals surface area contributed by atoms with Gasteiger partial charge in [0.25, 0.3) is 0 Å². The smallest absolute Gasteiger partial charge is 0.123 e. The van der Waals surface area contributed by atoms with Gasteiger partial charge in [0.05, 0.1) is 6.10 Å². The zero-order valence-electron chi connectivity index (χ0n) is 9.45. The van der Waals surface area contributed by atoms with E-state index in [1.165, 1.54) is 23.9 Å². The predicted molar refractivity (Wildman–Crippen MR) is 67.2 cm³/mol. The summed E-state index contributed by atoms with van der Waals surface area (Å²) in [5.41, 5.74) is 1.06. The summed E-state index contributed by atoms with van der Waals surface area (Å²) in [5, 5.41) is 9.71. The first-order valence-electron chi connectivity index (χ1n) is 5.35. The van der Waals surface area contributed by atoms with Gasteiger partial charge in [-0.15, -0.1) is 11.8 Å². The van der Waals surface area contributed by atoms with Crippen LogP contribution in [0.4, 0.5) is 4.39 Å². The predicted octanol–water partition coefficient (Wildman–Crippen LogP) is 3.64. The molecule has 0 aliphatic carbocycles. The average molecular weight is 240 g/mol. The van der Waals surface area contributed by atoms with Crippen LogP contribution in [0.5, 0.6) is 0 Å². The number of benzene rings is 1. The number of hydrogen-bond donors (Lipinski definition) is 1. The summed E-state index contributed by atoms with van der Waals surface area (Å²) in [6.45, 7) is 5.89. The molecule has 0 amide bonds. The third-order valence-corrected chi connectivity index (χ3v) is 3.44. The Balaban J connectivity index is 2.34. The molecule has 0 saturated carbocycles. The summed E-state index contributed by atoms with van der Waals surface area (Å²) in [4.78, 5) is 0.975. The molecule has 0 radical (unpaired) electrons. The first-order chi connectivity index (χ1) is 7.61. The van der Waals surface area contributed by atoms with E-state index in [1.54, 1.807) is 12.1 Å². The largest absolute Gasteiger partial charge is 0.392 e. The van der Waals surface area contributed by atoms with Crippen molar-refractivity contribution >= 4 is 11.8 Å². The fourth-order valence-corrected chi connectivity index (χ4v) is 2.09. The van der Waals surface area contributed by atoms with Crippen LogP contribution in [0.1, 0.15) is 19.8 Å². The van der Waals surface area contributed by atoms with E-state index in [0.29, 0.717) is 12.2 Å². The van der Waals surface area contributed by atoms with Gasteiger partial charge in [-0.2, -0.15) is 0 Å². The summed E-state index contributed by atoms with van der Waals surface area (Å²) in [6.07, 6.45) is 1.17. The highest BCUT2D eigenvalue weighted by molar-refractivity contribution is 7.99. The molecule has 1 rings (SSSR count). The van der Waals surface area contributed by atoms with Crippen molar-refractivity contribution in [3.05, 3.63) is 42.2 Å². The molecular formula is C13H17FOS. The summed E-state index contributed by atoms with van der Waals surface area (Å²) in [6, 6.07) is 6.31. The third-order valence-electron chi connectivity index (χ3n) is 2.28. The van der Waals surface area contributed by atoms with Crippen LogP contribution in [-0.2, 0) is 0 Å². The van der Waals surface area contributed by atoms with E-state index >= 15 is 0 Å². The number of aliphatic hydroxyl groups is 1. The van der Waals surface area contributed by atoms with Gasteiger partial charge < -0.3 is 5.11 Å². The van der Waals surface area contributed by atoms with Crippen LogP contribution < -0.4 is 0 Å². The summed E-state index contributed by atoms with van der Waals surface area (Å²) in [7, 11) is 0. The van der Waals surface area contributed by atoms with Crippen LogP contribution in [0.2, 0.25) is 0 Å². The molecule has 0 aromatic heterocycles. The van der Waals surface area contributed by atoms with Gasteiger partial charge in [-0.25, -0.2) is 4.39 Å². The van der Waals surface area contributed by atoms with Crippen LogP contribution in [0.3, 0.4) is 0 Å². The van der Waals surface area contributed by atoms with Gasteiger partial charge in [-0.3, -0.25) is 0 Å². The highest BCUT2D eigenvalue weighted by Gasteiger charge is 2.06. The zero-order valence-corrected chi connectivity index (χ0v) is 10.3. The van der Waals surface area contributed by atoms with Gasteiger partial charge >= 0.3 is 0 Å². The highest BCUT2D eigenvalue weighted by atomic mass is 32.2. The van der Waals surface area contributed by atoms with E-state index in [1.807, 2.05) is 6.92 Å². The SMILES string of the molecule is C=C(CC)CC(O)CSc1ccc(F)cc1.